The van der Waals surface area contributed by atoms with Crippen molar-refractivity contribution in [2.24, 2.45) is 0 Å². The molecule has 7 nitrogen and oxygen atoms in total. The summed E-state index contributed by atoms with van der Waals surface area (Å²) >= 11 is 0. The van der Waals surface area contributed by atoms with E-state index in [9.17, 15) is 18.0 Å². The quantitative estimate of drug-likeness (QED) is 0.737. The van der Waals surface area contributed by atoms with Crippen LogP contribution < -0.4 is 4.72 Å². The molecule has 0 aliphatic carbocycles. The average Bonchev–Trinajstić information content (AvgIpc) is 2.53. The van der Waals surface area contributed by atoms with Gasteiger partial charge < -0.3 is 10.2 Å². The summed E-state index contributed by atoms with van der Waals surface area (Å²) in [5, 5.41) is 17.7. The Hall–Kier alpha value is -2.71. The minimum absolute atomic E-state index is 0.0156. The van der Waals surface area contributed by atoms with Gasteiger partial charge in [0.05, 0.1) is 16.0 Å². The maximum atomic E-state index is 12.1. The highest BCUT2D eigenvalue weighted by Gasteiger charge is 2.15. The van der Waals surface area contributed by atoms with Crippen LogP contribution in [0.15, 0.2) is 53.4 Å². The second kappa shape index (κ2) is 6.59. The van der Waals surface area contributed by atoms with Gasteiger partial charge in [-0.3, -0.25) is 0 Å². The molecule has 120 valence electrons. The number of carboxylic acids is 2. The lowest BCUT2D eigenvalue weighted by molar-refractivity contribution is 0.0686. The molecule has 2 aromatic carbocycles. The molecule has 0 aromatic heterocycles. The molecule has 23 heavy (non-hydrogen) atoms. The van der Waals surface area contributed by atoms with Gasteiger partial charge in [-0.25, -0.2) is 22.7 Å². The molecule has 8 heteroatoms. The van der Waals surface area contributed by atoms with Crippen LogP contribution in [0, 0.1) is 0 Å². The van der Waals surface area contributed by atoms with E-state index in [0.717, 1.165) is 0 Å². The van der Waals surface area contributed by atoms with Crippen LogP contribution >= 0.6 is 0 Å². The first-order valence-corrected chi connectivity index (χ1v) is 7.93. The van der Waals surface area contributed by atoms with Crippen molar-refractivity contribution in [3.05, 3.63) is 65.2 Å². The zero-order valence-corrected chi connectivity index (χ0v) is 12.6. The first kappa shape index (κ1) is 16.7. The van der Waals surface area contributed by atoms with Crippen LogP contribution in [0.3, 0.4) is 0 Å². The van der Waals surface area contributed by atoms with Crippen molar-refractivity contribution in [3.8, 4) is 0 Å². The minimum atomic E-state index is -3.82. The summed E-state index contributed by atoms with van der Waals surface area (Å²) < 4.78 is 26.6. The number of carbonyl (C=O) groups is 2. The third-order valence-electron chi connectivity index (χ3n) is 3.05. The van der Waals surface area contributed by atoms with Gasteiger partial charge in [0.2, 0.25) is 10.0 Å². The number of nitrogens with one attached hydrogen (secondary N) is 1. The van der Waals surface area contributed by atoms with E-state index in [-0.39, 0.29) is 22.6 Å². The van der Waals surface area contributed by atoms with Crippen LogP contribution in [-0.2, 0) is 16.6 Å². The molecule has 0 aliphatic heterocycles. The van der Waals surface area contributed by atoms with E-state index in [1.165, 1.54) is 42.5 Å². The van der Waals surface area contributed by atoms with Crippen LogP contribution in [0.5, 0.6) is 0 Å². The Labute approximate surface area is 132 Å². The van der Waals surface area contributed by atoms with Gasteiger partial charge in [0, 0.05) is 6.54 Å². The molecule has 0 heterocycles. The molecule has 0 unspecified atom stereocenters. The SMILES string of the molecule is O=C(O)c1ccc(S(=O)(=O)NCc2cccc(C(=O)O)c2)cc1. The Morgan fingerprint density at radius 1 is 0.913 bits per heavy atom. The second-order valence-electron chi connectivity index (χ2n) is 4.66. The summed E-state index contributed by atoms with van der Waals surface area (Å²) in [5.74, 6) is -2.24. The summed E-state index contributed by atoms with van der Waals surface area (Å²) in [6.07, 6.45) is 0. The molecule has 2 rings (SSSR count). The molecule has 0 fully saturated rings. The average molecular weight is 335 g/mol. The molecule has 0 aliphatic rings. The molecule has 3 N–H and O–H groups in total. The standard InChI is InChI=1S/C15H13NO6S/c17-14(18)11-4-6-13(7-5-11)23(21,22)16-9-10-2-1-3-12(8-10)15(19)20/h1-8,16H,9H2,(H,17,18)(H,19,20). The Bertz CT molecular complexity index is 843. The fourth-order valence-electron chi connectivity index (χ4n) is 1.85. The van der Waals surface area contributed by atoms with Gasteiger partial charge in [0.1, 0.15) is 0 Å². The highest BCUT2D eigenvalue weighted by molar-refractivity contribution is 7.89. The normalized spacial score (nSPS) is 11.1. The third kappa shape index (κ3) is 4.15. The van der Waals surface area contributed by atoms with Crippen molar-refractivity contribution in [1.29, 1.82) is 0 Å². The molecule has 2 aromatic rings. The monoisotopic (exact) mass is 335 g/mol. The van der Waals surface area contributed by atoms with E-state index in [1.54, 1.807) is 6.07 Å². The van der Waals surface area contributed by atoms with E-state index in [1.807, 2.05) is 0 Å². The molecule has 0 saturated heterocycles. The van der Waals surface area contributed by atoms with E-state index < -0.39 is 22.0 Å². The number of aromatic carboxylic acids is 2. The fourth-order valence-corrected chi connectivity index (χ4v) is 2.87. The van der Waals surface area contributed by atoms with Crippen LogP contribution in [0.25, 0.3) is 0 Å². The maximum Gasteiger partial charge on any atom is 0.335 e. The van der Waals surface area contributed by atoms with Gasteiger partial charge in [-0.2, -0.15) is 0 Å². The van der Waals surface area contributed by atoms with E-state index >= 15 is 0 Å². The van der Waals surface area contributed by atoms with Gasteiger partial charge in [-0.15, -0.1) is 0 Å². The second-order valence-corrected chi connectivity index (χ2v) is 6.43. The van der Waals surface area contributed by atoms with Crippen molar-refractivity contribution in [1.82, 2.24) is 4.72 Å². The van der Waals surface area contributed by atoms with Gasteiger partial charge in [-0.05, 0) is 42.0 Å². The van der Waals surface area contributed by atoms with Crippen molar-refractivity contribution < 1.29 is 28.2 Å². The predicted molar refractivity (Wildman–Crippen MR) is 80.8 cm³/mol. The highest BCUT2D eigenvalue weighted by atomic mass is 32.2. The molecule has 0 amide bonds. The van der Waals surface area contributed by atoms with Crippen molar-refractivity contribution in [2.75, 3.05) is 0 Å². The number of benzene rings is 2. The van der Waals surface area contributed by atoms with Crippen molar-refractivity contribution in [2.45, 2.75) is 11.4 Å². The Morgan fingerprint density at radius 3 is 2.09 bits per heavy atom. The summed E-state index contributed by atoms with van der Waals surface area (Å²) in [5.41, 5.74) is 0.543. The van der Waals surface area contributed by atoms with Crippen molar-refractivity contribution >= 4 is 22.0 Å². The lowest BCUT2D eigenvalue weighted by Crippen LogP contribution is -2.23. The molecule has 0 bridgehead atoms. The van der Waals surface area contributed by atoms with Gasteiger partial charge >= 0.3 is 11.9 Å². The van der Waals surface area contributed by atoms with Gasteiger partial charge in [0.25, 0.3) is 0 Å². The lowest BCUT2D eigenvalue weighted by Gasteiger charge is -2.08. The molecule has 0 atom stereocenters. The number of carboxylic acid groups (broad SMARTS) is 2. The zero-order chi connectivity index (χ0) is 17.0. The van der Waals surface area contributed by atoms with Gasteiger partial charge in [0.15, 0.2) is 0 Å². The summed E-state index contributed by atoms with van der Waals surface area (Å²) in [6.45, 7) is -0.0792. The van der Waals surface area contributed by atoms with Crippen LogP contribution in [0.2, 0.25) is 0 Å². The zero-order valence-electron chi connectivity index (χ0n) is 11.8. The summed E-state index contributed by atoms with van der Waals surface area (Å²) in [4.78, 5) is 21.6. The largest absolute Gasteiger partial charge is 0.478 e. The Kier molecular flexibility index (Phi) is 4.77. The van der Waals surface area contributed by atoms with Crippen LogP contribution in [0.1, 0.15) is 26.3 Å². The first-order valence-electron chi connectivity index (χ1n) is 6.45. The molecular weight excluding hydrogens is 322 g/mol. The maximum absolute atomic E-state index is 12.1. The van der Waals surface area contributed by atoms with Gasteiger partial charge in [-0.1, -0.05) is 12.1 Å². The summed E-state index contributed by atoms with van der Waals surface area (Å²) in [6, 6.07) is 10.7. The minimum Gasteiger partial charge on any atom is -0.478 e. The van der Waals surface area contributed by atoms with Crippen LogP contribution in [-0.4, -0.2) is 30.6 Å². The van der Waals surface area contributed by atoms with E-state index in [0.29, 0.717) is 5.56 Å². The molecule has 0 saturated carbocycles. The topological polar surface area (TPSA) is 121 Å². The molecule has 0 spiro atoms. The smallest absolute Gasteiger partial charge is 0.335 e. The number of hydrogen-bond acceptors (Lipinski definition) is 4. The first-order chi connectivity index (χ1) is 10.8. The molecular formula is C15H13NO6S. The van der Waals surface area contributed by atoms with Crippen molar-refractivity contribution in [3.63, 3.8) is 0 Å². The fraction of sp³-hybridized carbons (Fsp3) is 0.0667. The summed E-state index contributed by atoms with van der Waals surface area (Å²) in [7, 11) is -3.82. The lowest BCUT2D eigenvalue weighted by atomic mass is 10.1. The number of hydrogen-bond donors (Lipinski definition) is 3. The highest BCUT2D eigenvalue weighted by Crippen LogP contribution is 2.12. The third-order valence-corrected chi connectivity index (χ3v) is 4.47. The van der Waals surface area contributed by atoms with Crippen LogP contribution in [0.4, 0.5) is 0 Å². The van der Waals surface area contributed by atoms with E-state index in [4.69, 9.17) is 10.2 Å². The number of sulfonamides is 1. The predicted octanol–water partition coefficient (Wildman–Crippen LogP) is 1.56. The Morgan fingerprint density at radius 2 is 1.52 bits per heavy atom. The Balaban J connectivity index is 2.14. The number of rotatable bonds is 6. The van der Waals surface area contributed by atoms with E-state index in [2.05, 4.69) is 4.72 Å². The molecule has 0 radical (unpaired) electrons.